The number of morpholine rings is 1. The summed E-state index contributed by atoms with van der Waals surface area (Å²) in [6, 6.07) is 3.88. The van der Waals surface area contributed by atoms with Gasteiger partial charge in [0.2, 0.25) is 5.91 Å². The lowest BCUT2D eigenvalue weighted by molar-refractivity contribution is -0.118. The van der Waals surface area contributed by atoms with E-state index in [0.29, 0.717) is 43.6 Å². The third-order valence-corrected chi connectivity index (χ3v) is 5.21. The molecular weight excluding hydrogens is 370 g/mol. The van der Waals surface area contributed by atoms with Crippen LogP contribution in [0.3, 0.4) is 0 Å². The number of nitrogens with zero attached hydrogens (tertiary/aromatic N) is 4. The monoisotopic (exact) mass is 390 g/mol. The van der Waals surface area contributed by atoms with Crippen LogP contribution < -0.4 is 15.4 Å². The number of rotatable bonds is 3. The van der Waals surface area contributed by atoms with Crippen molar-refractivity contribution in [3.05, 3.63) is 51.6 Å². The largest absolute Gasteiger partial charge is 0.378 e. The van der Waals surface area contributed by atoms with E-state index in [1.807, 2.05) is 4.90 Å². The molecule has 7 nitrogen and oxygen atoms in total. The molecule has 0 unspecified atom stereocenters. The molecule has 4 rings (SSSR count). The molecule has 148 valence electrons. The lowest BCUT2D eigenvalue weighted by Gasteiger charge is -2.28. The standard InChI is InChI=1S/C19H20F2N4O3/c1-23-15(22-16(11-17(23)26)24-6-8-28-9-7-24)10-18(27)25-5-4-12-14(25)3-2-13(20)19(12)21/h2-3,11H,4-10H2,1H3. The number of fused-ring (bicyclic) bond motifs is 1. The average molecular weight is 390 g/mol. The number of carbonyl (C=O) groups is 1. The molecule has 28 heavy (non-hydrogen) atoms. The van der Waals surface area contributed by atoms with E-state index in [2.05, 4.69) is 4.98 Å². The van der Waals surface area contributed by atoms with Gasteiger partial charge in [-0.1, -0.05) is 0 Å². The SMILES string of the molecule is Cn1c(CC(=O)N2CCc3c2ccc(F)c3F)nc(N2CCOCC2)cc1=O. The van der Waals surface area contributed by atoms with Gasteiger partial charge in [-0.2, -0.15) is 0 Å². The number of benzene rings is 1. The Kier molecular flexibility index (Phi) is 4.84. The van der Waals surface area contributed by atoms with Crippen molar-refractivity contribution in [2.75, 3.05) is 42.6 Å². The van der Waals surface area contributed by atoms with Gasteiger partial charge >= 0.3 is 0 Å². The van der Waals surface area contributed by atoms with Gasteiger partial charge in [-0.05, 0) is 18.6 Å². The molecule has 3 heterocycles. The molecule has 0 spiro atoms. The predicted molar refractivity (Wildman–Crippen MR) is 98.6 cm³/mol. The summed E-state index contributed by atoms with van der Waals surface area (Å²) in [4.78, 5) is 33.1. The molecule has 0 atom stereocenters. The molecule has 1 fully saturated rings. The lowest BCUT2D eigenvalue weighted by Crippen LogP contribution is -2.39. The first kappa shape index (κ1) is 18.5. The van der Waals surface area contributed by atoms with E-state index in [-0.39, 0.29) is 36.4 Å². The number of amides is 1. The number of hydrogen-bond acceptors (Lipinski definition) is 5. The van der Waals surface area contributed by atoms with E-state index < -0.39 is 11.6 Å². The summed E-state index contributed by atoms with van der Waals surface area (Å²) in [7, 11) is 1.56. The maximum atomic E-state index is 14.0. The Hall–Kier alpha value is -2.81. The average Bonchev–Trinajstić information content (AvgIpc) is 3.13. The molecule has 2 aromatic rings. The molecule has 1 saturated heterocycles. The molecule has 1 amide bonds. The number of hydrogen-bond donors (Lipinski definition) is 0. The summed E-state index contributed by atoms with van der Waals surface area (Å²) in [6.45, 7) is 2.62. The molecule has 0 radical (unpaired) electrons. The van der Waals surface area contributed by atoms with Crippen LogP contribution in [0.1, 0.15) is 11.4 Å². The van der Waals surface area contributed by atoms with E-state index in [1.165, 1.54) is 21.6 Å². The Morgan fingerprint density at radius 3 is 2.71 bits per heavy atom. The molecule has 0 saturated carbocycles. The zero-order valence-electron chi connectivity index (χ0n) is 15.5. The maximum absolute atomic E-state index is 14.0. The summed E-state index contributed by atoms with van der Waals surface area (Å²) >= 11 is 0. The number of halogens is 2. The summed E-state index contributed by atoms with van der Waals surface area (Å²) < 4.78 is 34.0. The van der Waals surface area contributed by atoms with Crippen molar-refractivity contribution in [3.63, 3.8) is 0 Å². The van der Waals surface area contributed by atoms with Crippen molar-refractivity contribution in [2.45, 2.75) is 12.8 Å². The predicted octanol–water partition coefficient (Wildman–Crippen LogP) is 1.03. The first-order valence-electron chi connectivity index (χ1n) is 9.12. The summed E-state index contributed by atoms with van der Waals surface area (Å²) in [5.74, 6) is -1.30. The minimum absolute atomic E-state index is 0.109. The number of ether oxygens (including phenoxy) is 1. The number of carbonyl (C=O) groups excluding carboxylic acids is 1. The second kappa shape index (κ2) is 7.31. The van der Waals surface area contributed by atoms with Crippen molar-refractivity contribution in [1.82, 2.24) is 9.55 Å². The molecule has 0 N–H and O–H groups in total. The van der Waals surface area contributed by atoms with Crippen molar-refractivity contribution in [2.24, 2.45) is 7.05 Å². The topological polar surface area (TPSA) is 67.7 Å². The van der Waals surface area contributed by atoms with Gasteiger partial charge < -0.3 is 14.5 Å². The van der Waals surface area contributed by atoms with Crippen molar-refractivity contribution in [1.29, 1.82) is 0 Å². The van der Waals surface area contributed by atoms with Gasteiger partial charge in [0.15, 0.2) is 11.6 Å². The number of aromatic nitrogens is 2. The van der Waals surface area contributed by atoms with Crippen LogP contribution >= 0.6 is 0 Å². The normalized spacial score (nSPS) is 16.4. The second-order valence-corrected chi connectivity index (χ2v) is 6.86. The van der Waals surface area contributed by atoms with E-state index in [1.54, 1.807) is 7.05 Å². The van der Waals surface area contributed by atoms with Crippen LogP contribution in [0.5, 0.6) is 0 Å². The first-order valence-corrected chi connectivity index (χ1v) is 9.12. The van der Waals surface area contributed by atoms with Crippen LogP contribution in [0.25, 0.3) is 0 Å². The highest BCUT2D eigenvalue weighted by Crippen LogP contribution is 2.31. The molecule has 0 bridgehead atoms. The Labute approximate surface area is 160 Å². The Morgan fingerprint density at radius 1 is 1.21 bits per heavy atom. The van der Waals surface area contributed by atoms with E-state index in [0.717, 1.165) is 6.07 Å². The summed E-state index contributed by atoms with van der Waals surface area (Å²) in [5, 5.41) is 0. The van der Waals surface area contributed by atoms with Gasteiger partial charge in [0.25, 0.3) is 5.56 Å². The Balaban J connectivity index is 1.60. The highest BCUT2D eigenvalue weighted by atomic mass is 19.2. The third-order valence-electron chi connectivity index (χ3n) is 5.21. The van der Waals surface area contributed by atoms with E-state index >= 15 is 0 Å². The minimum atomic E-state index is -0.921. The molecule has 1 aromatic heterocycles. The summed E-state index contributed by atoms with van der Waals surface area (Å²) in [5.41, 5.74) is 0.324. The first-order chi connectivity index (χ1) is 13.5. The second-order valence-electron chi connectivity index (χ2n) is 6.86. The van der Waals surface area contributed by atoms with Crippen LogP contribution in [-0.2, 0) is 29.4 Å². The van der Waals surface area contributed by atoms with Crippen molar-refractivity contribution >= 4 is 17.4 Å². The quantitative estimate of drug-likeness (QED) is 0.783. The van der Waals surface area contributed by atoms with E-state index in [4.69, 9.17) is 4.74 Å². The van der Waals surface area contributed by atoms with Gasteiger partial charge in [0.05, 0.1) is 25.3 Å². The Bertz CT molecular complexity index is 986. The van der Waals surface area contributed by atoms with Gasteiger partial charge in [-0.15, -0.1) is 0 Å². The zero-order valence-corrected chi connectivity index (χ0v) is 15.5. The Morgan fingerprint density at radius 2 is 1.96 bits per heavy atom. The van der Waals surface area contributed by atoms with Crippen LogP contribution in [0.15, 0.2) is 23.0 Å². The molecule has 9 heteroatoms. The van der Waals surface area contributed by atoms with Gasteiger partial charge in [-0.3, -0.25) is 14.2 Å². The molecule has 1 aromatic carbocycles. The molecular formula is C19H20F2N4O3. The van der Waals surface area contributed by atoms with Crippen molar-refractivity contribution in [3.8, 4) is 0 Å². The van der Waals surface area contributed by atoms with E-state index in [9.17, 15) is 18.4 Å². The fourth-order valence-electron chi connectivity index (χ4n) is 3.59. The third kappa shape index (κ3) is 3.26. The maximum Gasteiger partial charge on any atom is 0.255 e. The minimum Gasteiger partial charge on any atom is -0.378 e. The summed E-state index contributed by atoms with van der Waals surface area (Å²) in [6.07, 6.45) is 0.146. The smallest absolute Gasteiger partial charge is 0.255 e. The van der Waals surface area contributed by atoms with Crippen LogP contribution in [0.4, 0.5) is 20.3 Å². The fraction of sp³-hybridized carbons (Fsp3) is 0.421. The van der Waals surface area contributed by atoms with Crippen molar-refractivity contribution < 1.29 is 18.3 Å². The van der Waals surface area contributed by atoms with Gasteiger partial charge in [0, 0.05) is 38.3 Å². The molecule has 2 aliphatic rings. The number of anilines is 2. The van der Waals surface area contributed by atoms with Crippen LogP contribution in [0, 0.1) is 11.6 Å². The highest BCUT2D eigenvalue weighted by molar-refractivity contribution is 5.96. The van der Waals surface area contributed by atoms with Gasteiger partial charge in [0.1, 0.15) is 11.6 Å². The zero-order chi connectivity index (χ0) is 19.8. The molecule has 2 aliphatic heterocycles. The van der Waals surface area contributed by atoms with Crippen LogP contribution in [0.2, 0.25) is 0 Å². The molecule has 0 aliphatic carbocycles. The lowest BCUT2D eigenvalue weighted by atomic mass is 10.1. The van der Waals surface area contributed by atoms with Crippen LogP contribution in [-0.4, -0.2) is 48.3 Å². The van der Waals surface area contributed by atoms with Gasteiger partial charge in [-0.25, -0.2) is 13.8 Å². The highest BCUT2D eigenvalue weighted by Gasteiger charge is 2.29. The fourth-order valence-corrected chi connectivity index (χ4v) is 3.59.